The Morgan fingerprint density at radius 1 is 1.14 bits per heavy atom. The molecule has 2 aliphatic heterocycles. The molecule has 0 aliphatic carbocycles. The Balaban J connectivity index is 1.69. The third-order valence-electron chi connectivity index (χ3n) is 6.21. The number of benzene rings is 1. The first-order valence-corrected chi connectivity index (χ1v) is 11.3. The first-order valence-electron chi connectivity index (χ1n) is 10.2. The van der Waals surface area contributed by atoms with Crippen LogP contribution in [0.3, 0.4) is 0 Å². The number of anilines is 1. The van der Waals surface area contributed by atoms with E-state index < -0.39 is 0 Å². The number of rotatable bonds is 3. The standard InChI is InChI=1S/C22H27N5OS/c1-22(16-23)7-9-25(10-8-22)20-17-5-3-4-6-19(17)24-15-18(20)21(28)26-11-13-27(29-2)14-12-26/h3-6,15H,7-14H2,1-2H3. The predicted molar refractivity (Wildman–Crippen MR) is 118 cm³/mol. The second-order valence-electron chi connectivity index (χ2n) is 8.10. The Morgan fingerprint density at radius 3 is 2.48 bits per heavy atom. The van der Waals surface area contributed by atoms with E-state index in [-0.39, 0.29) is 11.3 Å². The van der Waals surface area contributed by atoms with E-state index in [1.54, 1.807) is 18.1 Å². The molecule has 0 spiro atoms. The highest BCUT2D eigenvalue weighted by Gasteiger charge is 2.33. The zero-order valence-electron chi connectivity index (χ0n) is 17.1. The lowest BCUT2D eigenvalue weighted by molar-refractivity contribution is 0.0704. The van der Waals surface area contributed by atoms with Crippen molar-refractivity contribution >= 4 is 34.4 Å². The highest BCUT2D eigenvalue weighted by molar-refractivity contribution is 7.96. The monoisotopic (exact) mass is 409 g/mol. The second-order valence-corrected chi connectivity index (χ2v) is 8.98. The summed E-state index contributed by atoms with van der Waals surface area (Å²) in [6, 6.07) is 10.5. The minimum atomic E-state index is -0.280. The van der Waals surface area contributed by atoms with E-state index in [1.807, 2.05) is 30.0 Å². The summed E-state index contributed by atoms with van der Waals surface area (Å²) >= 11 is 1.73. The first kappa shape index (κ1) is 20.0. The molecule has 29 heavy (non-hydrogen) atoms. The number of fused-ring (bicyclic) bond motifs is 1. The number of aromatic nitrogens is 1. The van der Waals surface area contributed by atoms with Gasteiger partial charge in [0.1, 0.15) is 0 Å². The Bertz CT molecular complexity index is 940. The Hall–Kier alpha value is -2.30. The third kappa shape index (κ3) is 3.92. The van der Waals surface area contributed by atoms with Crippen molar-refractivity contribution in [1.82, 2.24) is 14.2 Å². The molecule has 0 unspecified atom stereocenters. The van der Waals surface area contributed by atoms with Crippen LogP contribution in [0.25, 0.3) is 10.9 Å². The van der Waals surface area contributed by atoms with E-state index in [0.29, 0.717) is 5.56 Å². The van der Waals surface area contributed by atoms with Gasteiger partial charge in [-0.1, -0.05) is 30.1 Å². The van der Waals surface area contributed by atoms with Crippen LogP contribution < -0.4 is 4.90 Å². The number of amides is 1. The van der Waals surface area contributed by atoms with Crippen LogP contribution >= 0.6 is 11.9 Å². The molecule has 0 bridgehead atoms. The van der Waals surface area contributed by atoms with Crippen LogP contribution in [-0.2, 0) is 0 Å². The fourth-order valence-electron chi connectivity index (χ4n) is 4.20. The van der Waals surface area contributed by atoms with Gasteiger partial charge in [0.25, 0.3) is 5.91 Å². The normalized spacial score (nSPS) is 19.9. The summed E-state index contributed by atoms with van der Waals surface area (Å²) in [5, 5.41) is 10.5. The van der Waals surface area contributed by atoms with Gasteiger partial charge in [0.15, 0.2) is 0 Å². The zero-order chi connectivity index (χ0) is 20.4. The average molecular weight is 410 g/mol. The molecule has 0 radical (unpaired) electrons. The number of nitrogens with zero attached hydrogens (tertiary/aromatic N) is 5. The molecule has 2 aliphatic rings. The van der Waals surface area contributed by atoms with E-state index in [1.165, 1.54) is 0 Å². The van der Waals surface area contributed by atoms with Crippen molar-refractivity contribution in [3.8, 4) is 6.07 Å². The Morgan fingerprint density at radius 2 is 1.83 bits per heavy atom. The minimum absolute atomic E-state index is 0.0626. The lowest BCUT2D eigenvalue weighted by Crippen LogP contribution is -2.47. The largest absolute Gasteiger partial charge is 0.370 e. The second kappa shape index (κ2) is 8.21. The summed E-state index contributed by atoms with van der Waals surface area (Å²) in [6.45, 7) is 6.82. The number of carbonyl (C=O) groups is 1. The number of hydrogen-bond donors (Lipinski definition) is 0. The van der Waals surface area contributed by atoms with Crippen LogP contribution in [0, 0.1) is 16.7 Å². The van der Waals surface area contributed by atoms with Crippen LogP contribution in [0.4, 0.5) is 5.69 Å². The third-order valence-corrected chi connectivity index (χ3v) is 7.10. The molecule has 0 N–H and O–H groups in total. The Labute approximate surface area is 176 Å². The molecule has 2 fully saturated rings. The molecule has 0 atom stereocenters. The van der Waals surface area contributed by atoms with Gasteiger partial charge in [-0.25, -0.2) is 4.31 Å². The summed E-state index contributed by atoms with van der Waals surface area (Å²) in [6.07, 6.45) is 5.44. The van der Waals surface area contributed by atoms with Crippen LogP contribution in [-0.4, -0.2) is 65.6 Å². The predicted octanol–water partition coefficient (Wildman–Crippen LogP) is 3.40. The summed E-state index contributed by atoms with van der Waals surface area (Å²) in [5.41, 5.74) is 2.28. The lowest BCUT2D eigenvalue weighted by Gasteiger charge is -2.38. The maximum Gasteiger partial charge on any atom is 0.257 e. The number of carbonyl (C=O) groups excluding carboxylic acids is 1. The fourth-order valence-corrected chi connectivity index (χ4v) is 4.73. The van der Waals surface area contributed by atoms with Crippen LogP contribution in [0.15, 0.2) is 30.5 Å². The number of piperidine rings is 1. The van der Waals surface area contributed by atoms with Gasteiger partial charge in [-0.3, -0.25) is 9.78 Å². The lowest BCUT2D eigenvalue weighted by atomic mass is 9.81. The van der Waals surface area contributed by atoms with Gasteiger partial charge in [-0.15, -0.1) is 0 Å². The highest BCUT2D eigenvalue weighted by Crippen LogP contribution is 2.37. The number of hydrogen-bond acceptors (Lipinski definition) is 6. The van der Waals surface area contributed by atoms with Gasteiger partial charge < -0.3 is 9.80 Å². The molecule has 2 saturated heterocycles. The molecule has 1 aromatic carbocycles. The van der Waals surface area contributed by atoms with E-state index in [0.717, 1.165) is 68.7 Å². The fraction of sp³-hybridized carbons (Fsp3) is 0.500. The van der Waals surface area contributed by atoms with Gasteiger partial charge in [-0.05, 0) is 32.1 Å². The molecule has 3 heterocycles. The van der Waals surface area contributed by atoms with Crippen LogP contribution in [0.5, 0.6) is 0 Å². The van der Waals surface area contributed by atoms with Crippen LogP contribution in [0.1, 0.15) is 30.1 Å². The molecular formula is C22H27N5OS. The van der Waals surface area contributed by atoms with Crippen molar-refractivity contribution in [1.29, 1.82) is 5.26 Å². The van der Waals surface area contributed by atoms with Gasteiger partial charge in [0.2, 0.25) is 0 Å². The average Bonchev–Trinajstić information content (AvgIpc) is 2.78. The molecule has 2 aromatic rings. The van der Waals surface area contributed by atoms with Gasteiger partial charge in [0.05, 0.1) is 28.3 Å². The topological polar surface area (TPSA) is 63.5 Å². The summed E-state index contributed by atoms with van der Waals surface area (Å²) < 4.78 is 2.29. The minimum Gasteiger partial charge on any atom is -0.370 e. The van der Waals surface area contributed by atoms with Crippen molar-refractivity contribution in [2.75, 3.05) is 50.4 Å². The number of pyridine rings is 1. The van der Waals surface area contributed by atoms with Gasteiger partial charge in [-0.2, -0.15) is 5.26 Å². The first-order chi connectivity index (χ1) is 14.0. The van der Waals surface area contributed by atoms with Crippen molar-refractivity contribution in [3.63, 3.8) is 0 Å². The smallest absolute Gasteiger partial charge is 0.257 e. The van der Waals surface area contributed by atoms with Gasteiger partial charge >= 0.3 is 0 Å². The van der Waals surface area contributed by atoms with E-state index >= 15 is 0 Å². The molecule has 152 valence electrons. The van der Waals surface area contributed by atoms with Crippen molar-refractivity contribution in [3.05, 3.63) is 36.0 Å². The van der Waals surface area contributed by atoms with E-state index in [2.05, 4.69) is 32.6 Å². The summed E-state index contributed by atoms with van der Waals surface area (Å²) in [4.78, 5) is 22.3. The maximum absolute atomic E-state index is 13.5. The molecule has 7 heteroatoms. The highest BCUT2D eigenvalue weighted by atomic mass is 32.2. The maximum atomic E-state index is 13.5. The molecular weight excluding hydrogens is 382 g/mol. The molecule has 0 saturated carbocycles. The van der Waals surface area contributed by atoms with Crippen LogP contribution in [0.2, 0.25) is 0 Å². The van der Waals surface area contributed by atoms with Crippen molar-refractivity contribution in [2.45, 2.75) is 19.8 Å². The van der Waals surface area contributed by atoms with Crippen molar-refractivity contribution in [2.24, 2.45) is 5.41 Å². The number of nitriles is 1. The number of piperazine rings is 1. The SMILES string of the molecule is CSN1CCN(C(=O)c2cnc3ccccc3c2N2CCC(C)(C#N)CC2)CC1. The van der Waals surface area contributed by atoms with Gasteiger partial charge in [0, 0.05) is 50.9 Å². The van der Waals surface area contributed by atoms with E-state index in [9.17, 15) is 10.1 Å². The molecule has 4 rings (SSSR count). The molecule has 1 amide bonds. The molecule has 6 nitrogen and oxygen atoms in total. The van der Waals surface area contributed by atoms with E-state index in [4.69, 9.17) is 0 Å². The zero-order valence-corrected chi connectivity index (χ0v) is 17.9. The Kier molecular flexibility index (Phi) is 5.66. The summed E-state index contributed by atoms with van der Waals surface area (Å²) in [7, 11) is 0. The molecule has 1 aromatic heterocycles. The summed E-state index contributed by atoms with van der Waals surface area (Å²) in [5.74, 6) is 0.0626. The van der Waals surface area contributed by atoms with Crippen molar-refractivity contribution < 1.29 is 4.79 Å². The number of para-hydroxylation sites is 1. The quantitative estimate of drug-likeness (QED) is 0.724.